The van der Waals surface area contributed by atoms with Gasteiger partial charge in [-0.25, -0.2) is 0 Å². The minimum absolute atomic E-state index is 0.0790. The van der Waals surface area contributed by atoms with Crippen LogP contribution in [0.25, 0.3) is 0 Å². The van der Waals surface area contributed by atoms with Crippen LogP contribution in [0.15, 0.2) is 24.3 Å². The second-order valence-electron chi connectivity index (χ2n) is 4.78. The van der Waals surface area contributed by atoms with Crippen molar-refractivity contribution in [3.05, 3.63) is 24.3 Å². The molecule has 1 fully saturated rings. The van der Waals surface area contributed by atoms with Gasteiger partial charge < -0.3 is 15.7 Å². The van der Waals surface area contributed by atoms with Gasteiger partial charge in [-0.1, -0.05) is 43.6 Å². The second kappa shape index (κ2) is 6.52. The molecule has 0 unspecified atom stereocenters. The van der Waals surface area contributed by atoms with Crippen molar-refractivity contribution < 1.29 is 9.90 Å². The molecule has 0 aliphatic heterocycles. The van der Waals surface area contributed by atoms with Crippen LogP contribution in [0.3, 0.4) is 0 Å². The molecule has 0 spiro atoms. The van der Waals surface area contributed by atoms with Crippen molar-refractivity contribution in [1.29, 1.82) is 0 Å². The van der Waals surface area contributed by atoms with Gasteiger partial charge in [-0.3, -0.25) is 4.79 Å². The number of benzene rings is 1. The lowest BCUT2D eigenvalue weighted by atomic mass is 9.95. The number of phenols is 1. The highest BCUT2D eigenvalue weighted by molar-refractivity contribution is 7.82. The zero-order valence-electron chi connectivity index (χ0n) is 10.7. The van der Waals surface area contributed by atoms with Gasteiger partial charge in [-0.15, -0.1) is 0 Å². The fraction of sp³-hybridized carbons (Fsp3) is 0.429. The maximum Gasteiger partial charge on any atom is 0.279 e. The Bertz CT molecular complexity index is 470. The molecule has 0 bridgehead atoms. The molecule has 3 N–H and O–H groups in total. The van der Waals surface area contributed by atoms with Crippen LogP contribution in [-0.4, -0.2) is 22.0 Å². The number of anilines is 1. The van der Waals surface area contributed by atoms with E-state index in [-0.39, 0.29) is 22.7 Å². The predicted molar refractivity (Wildman–Crippen MR) is 79.3 cm³/mol. The van der Waals surface area contributed by atoms with Crippen LogP contribution in [0.2, 0.25) is 0 Å². The van der Waals surface area contributed by atoms with Crippen LogP contribution in [0.1, 0.15) is 32.1 Å². The quantitative estimate of drug-likeness (QED) is 0.575. The van der Waals surface area contributed by atoms with Gasteiger partial charge in [0.1, 0.15) is 5.75 Å². The van der Waals surface area contributed by atoms with Crippen LogP contribution < -0.4 is 10.6 Å². The van der Waals surface area contributed by atoms with Crippen molar-refractivity contribution in [3.63, 3.8) is 0 Å². The molecule has 1 saturated carbocycles. The minimum Gasteiger partial charge on any atom is -0.506 e. The number of amides is 1. The van der Waals surface area contributed by atoms with Crippen molar-refractivity contribution in [3.8, 4) is 5.75 Å². The Balaban J connectivity index is 1.89. The Labute approximate surface area is 118 Å². The second-order valence-corrected chi connectivity index (χ2v) is 5.19. The number of thiocarbonyl (C=S) groups is 1. The number of nitrogens with one attached hydrogen (secondary N) is 2. The molecule has 2 rings (SSSR count). The summed E-state index contributed by atoms with van der Waals surface area (Å²) in [5, 5.41) is 15.3. The molecule has 102 valence electrons. The summed E-state index contributed by atoms with van der Waals surface area (Å²) >= 11 is 5.05. The lowest BCUT2D eigenvalue weighted by Crippen LogP contribution is -2.41. The van der Waals surface area contributed by atoms with Crippen molar-refractivity contribution in [2.24, 2.45) is 0 Å². The molecule has 1 aromatic rings. The Hall–Kier alpha value is -1.62. The lowest BCUT2D eigenvalue weighted by molar-refractivity contribution is -0.115. The van der Waals surface area contributed by atoms with E-state index in [1.807, 2.05) is 0 Å². The highest BCUT2D eigenvalue weighted by Crippen LogP contribution is 2.21. The molecule has 4 nitrogen and oxygen atoms in total. The highest BCUT2D eigenvalue weighted by Gasteiger charge is 2.18. The molecule has 0 saturated heterocycles. The zero-order chi connectivity index (χ0) is 13.7. The SMILES string of the molecule is O=C(NC1CCCCC1)C(=S)Nc1ccccc1O. The average molecular weight is 278 g/mol. The Morgan fingerprint density at radius 3 is 2.58 bits per heavy atom. The van der Waals surface area contributed by atoms with E-state index in [1.165, 1.54) is 6.42 Å². The number of phenolic OH excluding ortho intramolecular Hbond substituents is 1. The summed E-state index contributed by atoms with van der Waals surface area (Å²) in [7, 11) is 0. The first-order chi connectivity index (χ1) is 9.16. The van der Waals surface area contributed by atoms with Gasteiger partial charge in [-0.05, 0) is 25.0 Å². The standard InChI is InChI=1S/C14H18N2O2S/c17-12-9-5-4-8-11(12)16-14(19)13(18)15-10-6-2-1-3-7-10/h4-5,8-10,17H,1-3,6-7H2,(H,15,18)(H,16,19). The molecule has 1 amide bonds. The molecule has 0 atom stereocenters. The van der Waals surface area contributed by atoms with E-state index in [4.69, 9.17) is 12.2 Å². The Morgan fingerprint density at radius 1 is 1.21 bits per heavy atom. The zero-order valence-corrected chi connectivity index (χ0v) is 11.5. The molecule has 1 aliphatic carbocycles. The predicted octanol–water partition coefficient (Wildman–Crippen LogP) is 2.58. The summed E-state index contributed by atoms with van der Waals surface area (Å²) in [6, 6.07) is 6.93. The van der Waals surface area contributed by atoms with Crippen LogP contribution >= 0.6 is 12.2 Å². The number of aromatic hydroxyl groups is 1. The van der Waals surface area contributed by atoms with Crippen LogP contribution in [-0.2, 0) is 4.79 Å². The number of carbonyl (C=O) groups is 1. The summed E-state index contributed by atoms with van der Waals surface area (Å²) in [6.45, 7) is 0. The number of para-hydroxylation sites is 2. The van der Waals surface area contributed by atoms with Crippen molar-refractivity contribution in [2.75, 3.05) is 5.32 Å². The van der Waals surface area contributed by atoms with Gasteiger partial charge >= 0.3 is 0 Å². The Kier molecular flexibility index (Phi) is 4.74. The number of hydrogen-bond donors (Lipinski definition) is 3. The minimum atomic E-state index is -0.273. The van der Waals surface area contributed by atoms with Crippen LogP contribution in [0.5, 0.6) is 5.75 Å². The molecule has 0 heterocycles. The molecule has 19 heavy (non-hydrogen) atoms. The largest absolute Gasteiger partial charge is 0.506 e. The van der Waals surface area contributed by atoms with Crippen LogP contribution in [0, 0.1) is 0 Å². The third kappa shape index (κ3) is 3.92. The summed E-state index contributed by atoms with van der Waals surface area (Å²) in [6.07, 6.45) is 5.60. The van der Waals surface area contributed by atoms with Crippen molar-refractivity contribution >= 4 is 28.8 Å². The molecular formula is C14H18N2O2S. The molecule has 1 aromatic carbocycles. The van der Waals surface area contributed by atoms with Gasteiger partial charge in [0.05, 0.1) is 5.69 Å². The van der Waals surface area contributed by atoms with Crippen LogP contribution in [0.4, 0.5) is 5.69 Å². The normalized spacial score (nSPS) is 15.8. The summed E-state index contributed by atoms with van der Waals surface area (Å²) in [5.74, 6) is -0.194. The van der Waals surface area contributed by atoms with Gasteiger partial charge in [0, 0.05) is 6.04 Å². The van der Waals surface area contributed by atoms with E-state index in [0.717, 1.165) is 25.7 Å². The molecule has 0 aromatic heterocycles. The molecular weight excluding hydrogens is 260 g/mol. The maximum absolute atomic E-state index is 11.9. The fourth-order valence-electron chi connectivity index (χ4n) is 2.26. The first-order valence-electron chi connectivity index (χ1n) is 6.56. The lowest BCUT2D eigenvalue weighted by Gasteiger charge is -2.23. The Morgan fingerprint density at radius 2 is 1.89 bits per heavy atom. The third-order valence-corrected chi connectivity index (χ3v) is 3.59. The van der Waals surface area contributed by atoms with E-state index < -0.39 is 0 Å². The van der Waals surface area contributed by atoms with Gasteiger partial charge in [-0.2, -0.15) is 0 Å². The molecule has 0 radical (unpaired) electrons. The highest BCUT2D eigenvalue weighted by atomic mass is 32.1. The van der Waals surface area contributed by atoms with Crippen molar-refractivity contribution in [1.82, 2.24) is 5.32 Å². The number of hydrogen-bond acceptors (Lipinski definition) is 3. The number of carbonyl (C=O) groups excluding carboxylic acids is 1. The van der Waals surface area contributed by atoms with E-state index in [1.54, 1.807) is 24.3 Å². The van der Waals surface area contributed by atoms with E-state index >= 15 is 0 Å². The van der Waals surface area contributed by atoms with Crippen molar-refractivity contribution in [2.45, 2.75) is 38.1 Å². The van der Waals surface area contributed by atoms with Gasteiger partial charge in [0.2, 0.25) is 0 Å². The number of rotatable bonds is 2. The maximum atomic E-state index is 11.9. The van der Waals surface area contributed by atoms with Gasteiger partial charge in [0.15, 0.2) is 4.99 Å². The summed E-state index contributed by atoms with van der Waals surface area (Å²) in [4.78, 5) is 12.0. The van der Waals surface area contributed by atoms with Gasteiger partial charge in [0.25, 0.3) is 5.91 Å². The fourth-order valence-corrected chi connectivity index (χ4v) is 2.43. The van der Waals surface area contributed by atoms with E-state index in [9.17, 15) is 9.90 Å². The summed E-state index contributed by atoms with van der Waals surface area (Å²) < 4.78 is 0. The first-order valence-corrected chi connectivity index (χ1v) is 6.97. The monoisotopic (exact) mass is 278 g/mol. The third-order valence-electron chi connectivity index (χ3n) is 3.30. The molecule has 1 aliphatic rings. The topological polar surface area (TPSA) is 61.4 Å². The van der Waals surface area contributed by atoms with E-state index in [0.29, 0.717) is 5.69 Å². The first kappa shape index (κ1) is 13.8. The smallest absolute Gasteiger partial charge is 0.279 e. The summed E-state index contributed by atoms with van der Waals surface area (Å²) in [5.41, 5.74) is 0.450. The molecule has 5 heteroatoms. The average Bonchev–Trinajstić information content (AvgIpc) is 2.42. The van der Waals surface area contributed by atoms with E-state index in [2.05, 4.69) is 10.6 Å².